The lowest BCUT2D eigenvalue weighted by Crippen LogP contribution is -1.91. The fraction of sp³-hybridized carbons (Fsp3) is 1.00. The van der Waals surface area contributed by atoms with E-state index < -0.39 is 20.4 Å². The number of hydrogen-bond donors (Lipinski definition) is 3. The lowest BCUT2D eigenvalue weighted by molar-refractivity contribution is 0.299. The van der Waals surface area contributed by atoms with Gasteiger partial charge in [0.25, 0.3) is 0 Å². The molecule has 3 N–H and O–H groups in total. The van der Waals surface area contributed by atoms with E-state index >= 15 is 0 Å². The zero-order valence-corrected chi connectivity index (χ0v) is 4.51. The van der Waals surface area contributed by atoms with Crippen LogP contribution in [-0.2, 0) is 4.57 Å². The summed E-state index contributed by atoms with van der Waals surface area (Å²) in [7, 11) is -3.92. The van der Waals surface area contributed by atoms with Gasteiger partial charge >= 0.3 is 7.60 Å². The fourth-order valence-corrected chi connectivity index (χ4v) is 0.391. The van der Waals surface area contributed by atoms with Gasteiger partial charge in [0, 0.05) is 0 Å². The molecule has 44 valence electrons. The number of aliphatic hydroxyl groups is 1. The van der Waals surface area contributed by atoms with E-state index in [0.29, 0.717) is 0 Å². The van der Waals surface area contributed by atoms with Gasteiger partial charge in [-0.1, -0.05) is 0 Å². The molecule has 5 heteroatoms. The van der Waals surface area contributed by atoms with Crippen molar-refractivity contribution in [3.8, 4) is 0 Å². The van der Waals surface area contributed by atoms with Crippen LogP contribution in [0.3, 0.4) is 0 Å². The summed E-state index contributed by atoms with van der Waals surface area (Å²) in [6.07, 6.45) is -0.438. The van der Waals surface area contributed by atoms with Crippen LogP contribution in [0.25, 0.3) is 0 Å². The molecule has 0 bridgehead atoms. The summed E-state index contributed by atoms with van der Waals surface area (Å²) >= 11 is 0. The van der Waals surface area contributed by atoms with Crippen molar-refractivity contribution < 1.29 is 19.5 Å². The quantitative estimate of drug-likeness (QED) is 0.421. The van der Waals surface area contributed by atoms with E-state index in [2.05, 4.69) is 0 Å². The summed E-state index contributed by atoms with van der Waals surface area (Å²) in [6.45, 7) is -0.454. The van der Waals surface area contributed by atoms with Crippen LogP contribution in [0.2, 0.25) is 0 Å². The van der Waals surface area contributed by atoms with Crippen LogP contribution >= 0.6 is 7.60 Å². The van der Waals surface area contributed by atoms with Gasteiger partial charge in [0.1, 0.15) is 0 Å². The third kappa shape index (κ3) is 6.11. The molecule has 0 aromatic heterocycles. The molecule has 0 spiro atoms. The standard InChI is InChI=1S/C2H7O4P/c3-1-2-7(4,5)6/h3H,1-2H2,(H2,4,5,6). The summed E-state index contributed by atoms with van der Waals surface area (Å²) in [4.78, 5) is 15.9. The minimum absolute atomic E-state index is 0.438. The van der Waals surface area contributed by atoms with Crippen molar-refractivity contribution in [1.29, 1.82) is 0 Å². The van der Waals surface area contributed by atoms with Crippen molar-refractivity contribution in [2.75, 3.05) is 12.8 Å². The normalized spacial score (nSPS) is 11.9. The van der Waals surface area contributed by atoms with Crippen molar-refractivity contribution in [3.63, 3.8) is 0 Å². The molecule has 0 heterocycles. The number of rotatable bonds is 2. The molecule has 0 saturated heterocycles. The molecule has 0 rings (SSSR count). The van der Waals surface area contributed by atoms with Gasteiger partial charge in [-0.05, 0) is 0 Å². The smallest absolute Gasteiger partial charge is 0.327 e. The van der Waals surface area contributed by atoms with E-state index in [1.807, 2.05) is 0 Å². The molecule has 4 nitrogen and oxygen atoms in total. The maximum absolute atomic E-state index is 9.77. The molecule has 7 heavy (non-hydrogen) atoms. The minimum atomic E-state index is -3.92. The van der Waals surface area contributed by atoms with Crippen molar-refractivity contribution >= 4 is 7.60 Å². The highest BCUT2D eigenvalue weighted by Crippen LogP contribution is 2.32. The van der Waals surface area contributed by atoms with Crippen molar-refractivity contribution in [2.24, 2.45) is 0 Å². The van der Waals surface area contributed by atoms with E-state index in [0.717, 1.165) is 0 Å². The Hall–Kier alpha value is 0.110. The predicted molar refractivity (Wildman–Crippen MR) is 24.0 cm³/mol. The minimum Gasteiger partial charge on any atom is -0.396 e. The Kier molecular flexibility index (Phi) is 2.46. The van der Waals surface area contributed by atoms with E-state index in [-0.39, 0.29) is 0 Å². The van der Waals surface area contributed by atoms with Crippen molar-refractivity contribution in [2.45, 2.75) is 0 Å². The molecule has 0 unspecified atom stereocenters. The average molecular weight is 126 g/mol. The maximum atomic E-state index is 9.77. The van der Waals surface area contributed by atoms with E-state index in [9.17, 15) is 4.57 Å². The maximum Gasteiger partial charge on any atom is 0.327 e. The zero-order valence-electron chi connectivity index (χ0n) is 3.61. The van der Waals surface area contributed by atoms with E-state index in [1.54, 1.807) is 0 Å². The van der Waals surface area contributed by atoms with Gasteiger partial charge < -0.3 is 14.9 Å². The molecular weight excluding hydrogens is 119 g/mol. The van der Waals surface area contributed by atoms with Gasteiger partial charge in [0.05, 0.1) is 12.8 Å². The largest absolute Gasteiger partial charge is 0.396 e. The molecule has 0 fully saturated rings. The Morgan fingerprint density at radius 2 is 1.86 bits per heavy atom. The molecule has 0 aliphatic heterocycles. The first-order chi connectivity index (χ1) is 3.06. The van der Waals surface area contributed by atoms with Crippen molar-refractivity contribution in [3.05, 3.63) is 0 Å². The monoisotopic (exact) mass is 126 g/mol. The van der Waals surface area contributed by atoms with Crippen LogP contribution in [0.1, 0.15) is 0 Å². The average Bonchev–Trinajstić information content (AvgIpc) is 1.30. The summed E-state index contributed by atoms with van der Waals surface area (Å²) < 4.78 is 9.77. The lowest BCUT2D eigenvalue weighted by atomic mass is 10.9. The van der Waals surface area contributed by atoms with Gasteiger partial charge in [-0.2, -0.15) is 0 Å². The molecular formula is C2H7O4P. The second kappa shape index (κ2) is 2.43. The second-order valence-corrected chi connectivity index (χ2v) is 2.89. The number of aliphatic hydroxyl groups excluding tert-OH is 1. The third-order valence-corrected chi connectivity index (χ3v) is 1.17. The Bertz CT molecular complexity index is 83.7. The van der Waals surface area contributed by atoms with Gasteiger partial charge in [-0.3, -0.25) is 4.57 Å². The SMILES string of the molecule is O=P(O)(O)CCO. The molecule has 0 aromatic carbocycles. The topological polar surface area (TPSA) is 77.8 Å². The summed E-state index contributed by atoms with van der Waals surface area (Å²) in [6, 6.07) is 0. The van der Waals surface area contributed by atoms with Gasteiger partial charge in [-0.15, -0.1) is 0 Å². The highest BCUT2D eigenvalue weighted by atomic mass is 31.2. The highest BCUT2D eigenvalue weighted by molar-refractivity contribution is 7.51. The molecule has 0 saturated carbocycles. The zero-order chi connectivity index (χ0) is 5.91. The first-order valence-corrected chi connectivity index (χ1v) is 3.51. The second-order valence-electron chi connectivity index (χ2n) is 1.11. The van der Waals surface area contributed by atoms with Crippen LogP contribution in [0.5, 0.6) is 0 Å². The number of hydrogen-bond acceptors (Lipinski definition) is 2. The van der Waals surface area contributed by atoms with E-state index in [4.69, 9.17) is 14.9 Å². The summed E-state index contributed by atoms with van der Waals surface area (Å²) in [5, 5.41) is 7.91. The predicted octanol–water partition coefficient (Wildman–Crippen LogP) is -0.844. The van der Waals surface area contributed by atoms with Crippen LogP contribution in [0.4, 0.5) is 0 Å². The van der Waals surface area contributed by atoms with Crippen LogP contribution in [0.15, 0.2) is 0 Å². The third-order valence-electron chi connectivity index (χ3n) is 0.391. The van der Waals surface area contributed by atoms with Crippen LogP contribution in [-0.4, -0.2) is 27.7 Å². The first kappa shape index (κ1) is 7.11. The molecule has 0 amide bonds. The highest BCUT2D eigenvalue weighted by Gasteiger charge is 2.09. The summed E-state index contributed by atoms with van der Waals surface area (Å²) in [5.74, 6) is 0. The Labute approximate surface area is 40.9 Å². The van der Waals surface area contributed by atoms with Crippen LogP contribution in [0, 0.1) is 0 Å². The molecule has 0 aliphatic rings. The van der Waals surface area contributed by atoms with Gasteiger partial charge in [0.2, 0.25) is 0 Å². The molecule has 0 aromatic rings. The lowest BCUT2D eigenvalue weighted by Gasteiger charge is -1.96. The Morgan fingerprint density at radius 3 is 1.86 bits per heavy atom. The Balaban J connectivity index is 3.36. The molecule has 0 radical (unpaired) electrons. The van der Waals surface area contributed by atoms with Crippen LogP contribution < -0.4 is 0 Å². The first-order valence-electron chi connectivity index (χ1n) is 1.72. The van der Waals surface area contributed by atoms with Gasteiger partial charge in [0.15, 0.2) is 0 Å². The fourth-order valence-electron chi connectivity index (χ4n) is 0.130. The van der Waals surface area contributed by atoms with Gasteiger partial charge in [-0.25, -0.2) is 0 Å². The van der Waals surface area contributed by atoms with E-state index in [1.165, 1.54) is 0 Å². The van der Waals surface area contributed by atoms with Crippen molar-refractivity contribution in [1.82, 2.24) is 0 Å². The Morgan fingerprint density at radius 1 is 1.43 bits per heavy atom. The molecule has 0 aliphatic carbocycles. The molecule has 0 atom stereocenters. The summed E-state index contributed by atoms with van der Waals surface area (Å²) in [5.41, 5.74) is 0.